The number of benzene rings is 2. The molecule has 1 aliphatic heterocycles. The van der Waals surface area contributed by atoms with Crippen LogP contribution in [-0.4, -0.2) is 61.8 Å². The third kappa shape index (κ3) is 5.67. The van der Waals surface area contributed by atoms with Crippen LogP contribution in [0.2, 0.25) is 5.02 Å². The Kier molecular flexibility index (Phi) is 7.41. The lowest BCUT2D eigenvalue weighted by Crippen LogP contribution is -2.45. The van der Waals surface area contributed by atoms with E-state index in [1.165, 1.54) is 30.4 Å². The molecule has 1 aliphatic rings. The molecule has 14 heteroatoms. The van der Waals surface area contributed by atoms with E-state index in [4.69, 9.17) is 21.1 Å². The highest BCUT2D eigenvalue weighted by Gasteiger charge is 2.27. The largest absolute Gasteiger partial charge is 0.493 e. The zero-order valence-corrected chi connectivity index (χ0v) is 21.5. The van der Waals surface area contributed by atoms with Gasteiger partial charge in [0.05, 0.1) is 34.8 Å². The predicted octanol–water partition coefficient (Wildman–Crippen LogP) is 4.35. The molecule has 2 aromatic carbocycles. The van der Waals surface area contributed by atoms with Gasteiger partial charge in [-0.25, -0.2) is 14.4 Å². The van der Waals surface area contributed by atoms with Crippen LogP contribution < -0.4 is 14.8 Å². The number of fused-ring (bicyclic) bond motifs is 1. The first-order chi connectivity index (χ1) is 18.8. The average Bonchev–Trinajstić information content (AvgIpc) is 3.40. The van der Waals surface area contributed by atoms with Gasteiger partial charge in [-0.3, -0.25) is 19.6 Å². The van der Waals surface area contributed by atoms with Gasteiger partial charge < -0.3 is 19.7 Å². The molecule has 0 radical (unpaired) electrons. The number of hydrogen-bond acceptors (Lipinski definition) is 9. The molecular formula is C25H23ClFN7O5. The summed E-state index contributed by atoms with van der Waals surface area (Å²) in [5, 5.41) is 18.3. The van der Waals surface area contributed by atoms with Gasteiger partial charge in [0, 0.05) is 18.0 Å². The average molecular weight is 556 g/mol. The van der Waals surface area contributed by atoms with Crippen molar-refractivity contribution in [3.8, 4) is 11.5 Å². The lowest BCUT2D eigenvalue weighted by Gasteiger charge is -2.33. The first kappa shape index (κ1) is 26.1. The van der Waals surface area contributed by atoms with Crippen LogP contribution in [0.15, 0.2) is 49.1 Å². The van der Waals surface area contributed by atoms with Gasteiger partial charge in [-0.15, -0.1) is 0 Å². The minimum Gasteiger partial charge on any atom is -0.493 e. The number of piperidine rings is 1. The van der Waals surface area contributed by atoms with E-state index in [2.05, 4.69) is 20.4 Å². The summed E-state index contributed by atoms with van der Waals surface area (Å²) in [4.78, 5) is 33.4. The van der Waals surface area contributed by atoms with Crippen molar-refractivity contribution in [2.24, 2.45) is 0 Å². The van der Waals surface area contributed by atoms with Crippen LogP contribution in [0.5, 0.6) is 11.5 Å². The number of methoxy groups -OCH3 is 1. The lowest BCUT2D eigenvalue weighted by atomic mass is 10.1. The fourth-order valence-corrected chi connectivity index (χ4v) is 4.53. The molecule has 39 heavy (non-hydrogen) atoms. The van der Waals surface area contributed by atoms with Crippen molar-refractivity contribution in [3.05, 3.63) is 70.0 Å². The van der Waals surface area contributed by atoms with Gasteiger partial charge in [-0.05, 0) is 31.0 Å². The molecule has 1 N–H and O–H groups in total. The molecule has 1 fully saturated rings. The summed E-state index contributed by atoms with van der Waals surface area (Å²) in [5.41, 5.74) is 0.527. The van der Waals surface area contributed by atoms with Crippen molar-refractivity contribution in [2.45, 2.75) is 25.5 Å². The molecule has 1 saturated heterocycles. The van der Waals surface area contributed by atoms with Crippen molar-refractivity contribution < 1.29 is 23.6 Å². The van der Waals surface area contributed by atoms with E-state index in [9.17, 15) is 19.3 Å². The van der Waals surface area contributed by atoms with E-state index in [1.807, 2.05) is 0 Å². The Morgan fingerprint density at radius 1 is 1.31 bits per heavy atom. The SMILES string of the molecule is COc1cc2ncnc(Nc3cccc(Cl)c3F)c2cc1O[C@@H]1CCCN(C(=O)Cn2cc([N+](=O)[O-])cn2)C1. The summed E-state index contributed by atoms with van der Waals surface area (Å²) in [6, 6.07) is 8.03. The van der Waals surface area contributed by atoms with Crippen molar-refractivity contribution in [1.82, 2.24) is 24.6 Å². The van der Waals surface area contributed by atoms with Crippen LogP contribution in [0, 0.1) is 15.9 Å². The number of nitrogens with one attached hydrogen (secondary N) is 1. The zero-order valence-electron chi connectivity index (χ0n) is 20.7. The molecule has 12 nitrogen and oxygen atoms in total. The summed E-state index contributed by atoms with van der Waals surface area (Å²) >= 11 is 5.92. The van der Waals surface area contributed by atoms with Gasteiger partial charge in [0.15, 0.2) is 17.3 Å². The number of carbonyl (C=O) groups is 1. The lowest BCUT2D eigenvalue weighted by molar-refractivity contribution is -0.385. The van der Waals surface area contributed by atoms with Gasteiger partial charge in [0.1, 0.15) is 37.2 Å². The molecule has 0 aliphatic carbocycles. The number of anilines is 2. The fourth-order valence-electron chi connectivity index (χ4n) is 4.36. The third-order valence-electron chi connectivity index (χ3n) is 6.28. The zero-order chi connectivity index (χ0) is 27.5. The number of carbonyl (C=O) groups excluding carboxylic acids is 1. The van der Waals surface area contributed by atoms with Gasteiger partial charge in [-0.1, -0.05) is 17.7 Å². The molecule has 0 bridgehead atoms. The number of nitrogens with zero attached hydrogens (tertiary/aromatic N) is 6. The van der Waals surface area contributed by atoms with Gasteiger partial charge >= 0.3 is 5.69 Å². The quantitative estimate of drug-likeness (QED) is 0.248. The van der Waals surface area contributed by atoms with Crippen molar-refractivity contribution in [1.29, 1.82) is 0 Å². The van der Waals surface area contributed by atoms with Crippen molar-refractivity contribution in [2.75, 3.05) is 25.5 Å². The van der Waals surface area contributed by atoms with E-state index < -0.39 is 10.7 Å². The predicted molar refractivity (Wildman–Crippen MR) is 140 cm³/mol. The maximum absolute atomic E-state index is 14.5. The number of likely N-dealkylation sites (tertiary alicyclic amines) is 1. The number of hydrogen-bond donors (Lipinski definition) is 1. The number of ether oxygens (including phenoxy) is 2. The number of nitro groups is 1. The summed E-state index contributed by atoms with van der Waals surface area (Å²) in [7, 11) is 1.51. The van der Waals surface area contributed by atoms with Gasteiger partial charge in [0.25, 0.3) is 0 Å². The number of aromatic nitrogens is 4. The molecule has 3 heterocycles. The van der Waals surface area contributed by atoms with E-state index >= 15 is 0 Å². The summed E-state index contributed by atoms with van der Waals surface area (Å²) in [5.74, 6) is 0.370. The van der Waals surface area contributed by atoms with Crippen LogP contribution in [0.25, 0.3) is 10.9 Å². The Hall–Kier alpha value is -4.52. The third-order valence-corrected chi connectivity index (χ3v) is 6.57. The standard InChI is InChI=1S/C25H23ClFN7O5/c1-38-21-9-20-17(25(29-14-28-20)31-19-6-2-5-18(26)24(19)27)8-22(21)39-16-4-3-7-32(12-16)23(35)13-33-11-15(10-30-33)34(36)37/h2,5-6,8-11,14,16H,3-4,7,12-13H2,1H3,(H,28,29,31)/t16-/m1/s1. The minimum absolute atomic E-state index is 0.0220. The highest BCUT2D eigenvalue weighted by molar-refractivity contribution is 6.31. The van der Waals surface area contributed by atoms with Crippen LogP contribution >= 0.6 is 11.6 Å². The smallest absolute Gasteiger partial charge is 0.307 e. The molecule has 0 saturated carbocycles. The normalized spacial score (nSPS) is 15.3. The Balaban J connectivity index is 1.35. The van der Waals surface area contributed by atoms with Gasteiger partial charge in [0.2, 0.25) is 5.91 Å². The number of rotatable bonds is 8. The summed E-state index contributed by atoms with van der Waals surface area (Å²) in [6.45, 7) is 0.726. The minimum atomic E-state index is -0.604. The fraction of sp³-hybridized carbons (Fsp3) is 0.280. The van der Waals surface area contributed by atoms with Crippen LogP contribution in [-0.2, 0) is 11.3 Å². The highest BCUT2D eigenvalue weighted by atomic mass is 35.5. The molecule has 202 valence electrons. The maximum Gasteiger partial charge on any atom is 0.307 e. The van der Waals surface area contributed by atoms with E-state index in [0.717, 1.165) is 6.20 Å². The van der Waals surface area contributed by atoms with Crippen LogP contribution in [0.3, 0.4) is 0 Å². The topological polar surface area (TPSA) is 138 Å². The van der Waals surface area contributed by atoms with Crippen LogP contribution in [0.1, 0.15) is 12.8 Å². The highest BCUT2D eigenvalue weighted by Crippen LogP contribution is 2.36. The Morgan fingerprint density at radius 2 is 2.15 bits per heavy atom. The molecule has 1 amide bonds. The van der Waals surface area contributed by atoms with Crippen molar-refractivity contribution in [3.63, 3.8) is 0 Å². The van der Waals surface area contributed by atoms with Crippen molar-refractivity contribution >= 4 is 45.6 Å². The first-order valence-corrected chi connectivity index (χ1v) is 12.3. The van der Waals surface area contributed by atoms with Crippen LogP contribution in [0.4, 0.5) is 21.6 Å². The molecule has 0 unspecified atom stereocenters. The van der Waals surface area contributed by atoms with E-state index in [0.29, 0.717) is 54.2 Å². The Labute approximate surface area is 226 Å². The summed E-state index contributed by atoms with van der Waals surface area (Å²) in [6.07, 6.45) is 4.74. The second-order valence-electron chi connectivity index (χ2n) is 8.84. The molecule has 5 rings (SSSR count). The summed E-state index contributed by atoms with van der Waals surface area (Å²) < 4.78 is 27.6. The molecule has 0 spiro atoms. The van der Waals surface area contributed by atoms with Gasteiger partial charge in [-0.2, -0.15) is 5.10 Å². The monoisotopic (exact) mass is 555 g/mol. The van der Waals surface area contributed by atoms with E-state index in [-0.39, 0.29) is 35.0 Å². The molecule has 4 aromatic rings. The van der Waals surface area contributed by atoms with E-state index in [1.54, 1.807) is 29.2 Å². The number of halogens is 2. The number of amides is 1. The maximum atomic E-state index is 14.5. The second kappa shape index (κ2) is 11.1. The molecule has 2 aromatic heterocycles. The molecular weight excluding hydrogens is 533 g/mol. The Bertz CT molecular complexity index is 1550. The first-order valence-electron chi connectivity index (χ1n) is 12.0. The Morgan fingerprint density at radius 3 is 2.92 bits per heavy atom. The second-order valence-corrected chi connectivity index (χ2v) is 9.25. The molecule has 1 atom stereocenters.